The third-order valence-corrected chi connectivity index (χ3v) is 7.08. The largest absolute Gasteiger partial charge is 0.334 e. The molecule has 5 rings (SSSR count). The molecule has 2 aromatic heterocycles. The highest BCUT2D eigenvalue weighted by atomic mass is 32.2. The summed E-state index contributed by atoms with van der Waals surface area (Å²) in [6.45, 7) is 6.29. The van der Waals surface area contributed by atoms with Crippen LogP contribution >= 0.6 is 11.8 Å². The number of halogens is 1. The molecule has 1 fully saturated rings. The Balaban J connectivity index is 1.39. The molecule has 0 N–H and O–H groups in total. The van der Waals surface area contributed by atoms with Crippen LogP contribution in [0.1, 0.15) is 49.4 Å². The third-order valence-electron chi connectivity index (χ3n) is 6.15. The molecule has 0 spiro atoms. The SMILES string of the molecule is Cc1ccc(-c2nc(CSc3nnc([C@H](C)N4CCCCC4)n3-c3ccc(F)cc3)no2)cc1. The highest BCUT2D eigenvalue weighted by Gasteiger charge is 2.26. The zero-order valence-electron chi connectivity index (χ0n) is 19.3. The van der Waals surface area contributed by atoms with Crippen LogP contribution in [0.3, 0.4) is 0 Å². The molecule has 2 aromatic carbocycles. The van der Waals surface area contributed by atoms with E-state index in [1.165, 1.54) is 48.7 Å². The van der Waals surface area contributed by atoms with E-state index >= 15 is 0 Å². The van der Waals surface area contributed by atoms with Gasteiger partial charge in [-0.1, -0.05) is 41.0 Å². The van der Waals surface area contributed by atoms with Gasteiger partial charge in [0.2, 0.25) is 0 Å². The average molecular weight is 479 g/mol. The van der Waals surface area contributed by atoms with Gasteiger partial charge in [0.1, 0.15) is 5.82 Å². The molecule has 0 aliphatic carbocycles. The van der Waals surface area contributed by atoms with Crippen molar-refractivity contribution in [3.05, 3.63) is 71.6 Å². The number of likely N-dealkylation sites (tertiary alicyclic amines) is 1. The molecule has 1 saturated heterocycles. The van der Waals surface area contributed by atoms with Crippen molar-refractivity contribution < 1.29 is 8.91 Å². The van der Waals surface area contributed by atoms with E-state index in [9.17, 15) is 4.39 Å². The number of aryl methyl sites for hydroxylation is 1. The van der Waals surface area contributed by atoms with Gasteiger partial charge in [-0.15, -0.1) is 10.2 Å². The Morgan fingerprint density at radius 3 is 2.47 bits per heavy atom. The maximum Gasteiger partial charge on any atom is 0.257 e. The zero-order chi connectivity index (χ0) is 23.5. The van der Waals surface area contributed by atoms with E-state index in [1.807, 2.05) is 35.8 Å². The smallest absolute Gasteiger partial charge is 0.257 e. The Labute approximate surface area is 202 Å². The van der Waals surface area contributed by atoms with Crippen molar-refractivity contribution in [1.29, 1.82) is 0 Å². The van der Waals surface area contributed by atoms with Crippen molar-refractivity contribution in [1.82, 2.24) is 29.8 Å². The van der Waals surface area contributed by atoms with Crippen molar-refractivity contribution in [3.8, 4) is 17.1 Å². The Kier molecular flexibility index (Phi) is 6.73. The van der Waals surface area contributed by atoms with E-state index < -0.39 is 0 Å². The minimum atomic E-state index is -0.271. The van der Waals surface area contributed by atoms with Gasteiger partial charge in [-0.05, 0) is 76.2 Å². The predicted molar refractivity (Wildman–Crippen MR) is 129 cm³/mol. The lowest BCUT2D eigenvalue weighted by Crippen LogP contribution is -2.33. The average Bonchev–Trinajstić information content (AvgIpc) is 3.51. The summed E-state index contributed by atoms with van der Waals surface area (Å²) in [6.07, 6.45) is 3.65. The fourth-order valence-electron chi connectivity index (χ4n) is 4.20. The van der Waals surface area contributed by atoms with Crippen molar-refractivity contribution in [2.45, 2.75) is 50.1 Å². The standard InChI is InChI=1S/C25H27FN6OS/c1-17-6-8-19(9-7-17)24-27-22(30-33-24)16-34-25-29-28-23(18(2)31-14-4-3-5-15-31)32(25)21-12-10-20(26)11-13-21/h6-13,18H,3-5,14-16H2,1-2H3/t18-/m0/s1. The molecule has 0 saturated carbocycles. The minimum absolute atomic E-state index is 0.102. The number of rotatable bonds is 7. The summed E-state index contributed by atoms with van der Waals surface area (Å²) in [5.41, 5.74) is 2.90. The molecular weight excluding hydrogens is 451 g/mol. The summed E-state index contributed by atoms with van der Waals surface area (Å²) < 4.78 is 21.1. The molecule has 4 aromatic rings. The summed E-state index contributed by atoms with van der Waals surface area (Å²) in [7, 11) is 0. The van der Waals surface area contributed by atoms with E-state index in [0.717, 1.165) is 30.2 Å². The van der Waals surface area contributed by atoms with Gasteiger partial charge in [-0.3, -0.25) is 9.47 Å². The number of aromatic nitrogens is 5. The van der Waals surface area contributed by atoms with Crippen LogP contribution < -0.4 is 0 Å². The van der Waals surface area contributed by atoms with Gasteiger partial charge in [0.05, 0.1) is 11.8 Å². The second-order valence-electron chi connectivity index (χ2n) is 8.60. The van der Waals surface area contributed by atoms with E-state index in [1.54, 1.807) is 12.1 Å². The molecular formula is C25H27FN6OS. The van der Waals surface area contributed by atoms with Crippen molar-refractivity contribution in [3.63, 3.8) is 0 Å². The molecule has 7 nitrogen and oxygen atoms in total. The lowest BCUT2D eigenvalue weighted by atomic mass is 10.1. The van der Waals surface area contributed by atoms with Gasteiger partial charge in [0.15, 0.2) is 16.8 Å². The minimum Gasteiger partial charge on any atom is -0.334 e. The molecule has 176 valence electrons. The first-order valence-electron chi connectivity index (χ1n) is 11.6. The van der Waals surface area contributed by atoms with Crippen LogP contribution in [0, 0.1) is 12.7 Å². The summed E-state index contributed by atoms with van der Waals surface area (Å²) in [4.78, 5) is 6.98. The highest BCUT2D eigenvalue weighted by Crippen LogP contribution is 2.31. The van der Waals surface area contributed by atoms with Gasteiger partial charge in [0, 0.05) is 11.3 Å². The van der Waals surface area contributed by atoms with Crippen LogP contribution in [0.4, 0.5) is 4.39 Å². The van der Waals surface area contributed by atoms with Crippen LogP contribution in [-0.2, 0) is 5.75 Å². The van der Waals surface area contributed by atoms with Gasteiger partial charge < -0.3 is 4.52 Å². The Morgan fingerprint density at radius 2 is 1.74 bits per heavy atom. The molecule has 0 amide bonds. The van der Waals surface area contributed by atoms with Crippen LogP contribution in [0.15, 0.2) is 58.2 Å². The lowest BCUT2D eigenvalue weighted by Gasteiger charge is -2.31. The lowest BCUT2D eigenvalue weighted by molar-refractivity contribution is 0.167. The van der Waals surface area contributed by atoms with Crippen molar-refractivity contribution in [2.75, 3.05) is 13.1 Å². The fraction of sp³-hybridized carbons (Fsp3) is 0.360. The monoisotopic (exact) mass is 478 g/mol. The predicted octanol–water partition coefficient (Wildman–Crippen LogP) is 5.60. The maximum atomic E-state index is 13.6. The second-order valence-corrected chi connectivity index (χ2v) is 9.54. The molecule has 0 unspecified atom stereocenters. The van der Waals surface area contributed by atoms with Gasteiger partial charge in [-0.2, -0.15) is 4.98 Å². The summed E-state index contributed by atoms with van der Waals surface area (Å²) in [5.74, 6) is 2.14. The van der Waals surface area contributed by atoms with Gasteiger partial charge in [0.25, 0.3) is 5.89 Å². The van der Waals surface area contributed by atoms with Gasteiger partial charge in [-0.25, -0.2) is 4.39 Å². The quantitative estimate of drug-likeness (QED) is 0.320. The first kappa shape index (κ1) is 22.7. The van der Waals surface area contributed by atoms with Crippen molar-refractivity contribution >= 4 is 11.8 Å². The molecule has 0 radical (unpaired) electrons. The van der Waals surface area contributed by atoms with E-state index in [4.69, 9.17) is 4.52 Å². The van der Waals surface area contributed by atoms with Crippen LogP contribution in [0.25, 0.3) is 17.1 Å². The molecule has 1 atom stereocenters. The molecule has 34 heavy (non-hydrogen) atoms. The van der Waals surface area contributed by atoms with E-state index in [-0.39, 0.29) is 11.9 Å². The molecule has 3 heterocycles. The first-order chi connectivity index (χ1) is 16.6. The number of hydrogen-bond acceptors (Lipinski definition) is 7. The number of benzene rings is 2. The Bertz CT molecular complexity index is 1230. The first-order valence-corrected chi connectivity index (χ1v) is 12.5. The number of piperidine rings is 1. The third kappa shape index (κ3) is 4.90. The van der Waals surface area contributed by atoms with Gasteiger partial charge >= 0.3 is 0 Å². The van der Waals surface area contributed by atoms with E-state index in [2.05, 4.69) is 32.2 Å². The summed E-state index contributed by atoms with van der Waals surface area (Å²) in [5, 5.41) is 13.9. The Hall–Kier alpha value is -3.04. The molecule has 1 aliphatic rings. The number of hydrogen-bond donors (Lipinski definition) is 0. The van der Waals surface area contributed by atoms with Crippen molar-refractivity contribution in [2.24, 2.45) is 0 Å². The molecule has 9 heteroatoms. The maximum absolute atomic E-state index is 13.6. The highest BCUT2D eigenvalue weighted by molar-refractivity contribution is 7.98. The van der Waals surface area contributed by atoms with Crippen LogP contribution in [-0.4, -0.2) is 42.9 Å². The Morgan fingerprint density at radius 1 is 1.00 bits per heavy atom. The second kappa shape index (κ2) is 10.1. The topological polar surface area (TPSA) is 72.9 Å². The zero-order valence-corrected chi connectivity index (χ0v) is 20.1. The molecule has 0 bridgehead atoms. The van der Waals surface area contributed by atoms with E-state index in [0.29, 0.717) is 22.6 Å². The number of thioether (sulfide) groups is 1. The van der Waals surface area contributed by atoms with Crippen LogP contribution in [0.5, 0.6) is 0 Å². The summed E-state index contributed by atoms with van der Waals surface area (Å²) in [6, 6.07) is 14.5. The fourth-order valence-corrected chi connectivity index (χ4v) is 5.00. The number of nitrogens with zero attached hydrogens (tertiary/aromatic N) is 6. The normalized spacial score (nSPS) is 15.5. The summed E-state index contributed by atoms with van der Waals surface area (Å²) >= 11 is 1.49. The molecule has 1 aliphatic heterocycles. The van der Waals surface area contributed by atoms with Crippen LogP contribution in [0.2, 0.25) is 0 Å².